The van der Waals surface area contributed by atoms with E-state index in [0.29, 0.717) is 25.7 Å². The molecule has 0 radical (unpaired) electrons. The summed E-state index contributed by atoms with van der Waals surface area (Å²) < 4.78 is 0. The molecule has 0 unspecified atom stereocenters. The number of rotatable bonds is 3. The molecule has 0 atom stereocenters. The highest BCUT2D eigenvalue weighted by molar-refractivity contribution is 5.97. The minimum Gasteiger partial charge on any atom is -0.480 e. The number of carbonyl (C=O) groups is 2. The topological polar surface area (TPSA) is 132 Å². The molecule has 1 aliphatic carbocycles. The van der Waals surface area contributed by atoms with Gasteiger partial charge in [0, 0.05) is 6.20 Å². The number of aliphatic carboxylic acids is 1. The summed E-state index contributed by atoms with van der Waals surface area (Å²) in [5.74, 6) is -1.89. The zero-order valence-corrected chi connectivity index (χ0v) is 11.4. The van der Waals surface area contributed by atoms with Crippen molar-refractivity contribution >= 4 is 11.9 Å². The molecule has 0 spiro atoms. The first-order valence-electron chi connectivity index (χ1n) is 6.82. The molecule has 4 N–H and O–H groups in total. The summed E-state index contributed by atoms with van der Waals surface area (Å²) in [6, 6.07) is 0. The van der Waals surface area contributed by atoms with Crippen LogP contribution in [0.2, 0.25) is 0 Å². The lowest BCUT2D eigenvalue weighted by molar-refractivity contribution is -0.145. The van der Waals surface area contributed by atoms with Crippen molar-refractivity contribution in [3.05, 3.63) is 32.6 Å². The molecular weight excluding hydrogens is 278 g/mol. The fourth-order valence-electron chi connectivity index (χ4n) is 2.59. The van der Waals surface area contributed by atoms with Gasteiger partial charge in [0.15, 0.2) is 0 Å². The number of aromatic amines is 2. The molecule has 8 nitrogen and oxygen atoms in total. The molecule has 0 aliphatic heterocycles. The molecule has 0 bridgehead atoms. The second-order valence-electron chi connectivity index (χ2n) is 5.24. The van der Waals surface area contributed by atoms with Crippen molar-refractivity contribution in [2.75, 3.05) is 0 Å². The number of H-pyrrole nitrogens is 2. The Bertz CT molecular complexity index is 652. The van der Waals surface area contributed by atoms with E-state index in [-0.39, 0.29) is 5.56 Å². The maximum Gasteiger partial charge on any atom is 0.329 e. The van der Waals surface area contributed by atoms with Gasteiger partial charge in [-0.05, 0) is 12.8 Å². The van der Waals surface area contributed by atoms with E-state index < -0.39 is 28.7 Å². The smallest absolute Gasteiger partial charge is 0.329 e. The minimum atomic E-state index is -1.35. The quantitative estimate of drug-likeness (QED) is 0.581. The van der Waals surface area contributed by atoms with Crippen LogP contribution in [0, 0.1) is 0 Å². The van der Waals surface area contributed by atoms with Crippen LogP contribution in [-0.2, 0) is 4.79 Å². The molecular formula is C13H17N3O5. The maximum absolute atomic E-state index is 12.2. The molecule has 1 fully saturated rings. The van der Waals surface area contributed by atoms with Crippen molar-refractivity contribution in [2.45, 2.75) is 44.1 Å². The van der Waals surface area contributed by atoms with E-state index >= 15 is 0 Å². The number of nitrogens with one attached hydrogen (secondary N) is 3. The van der Waals surface area contributed by atoms with E-state index in [1.165, 1.54) is 0 Å². The third kappa shape index (κ3) is 3.21. The van der Waals surface area contributed by atoms with Gasteiger partial charge < -0.3 is 15.4 Å². The first kappa shape index (κ1) is 15.0. The van der Waals surface area contributed by atoms with Gasteiger partial charge in [0.25, 0.3) is 11.5 Å². The molecule has 114 valence electrons. The lowest BCUT2D eigenvalue weighted by Crippen LogP contribution is -2.55. The molecule has 8 heteroatoms. The highest BCUT2D eigenvalue weighted by Crippen LogP contribution is 2.27. The molecule has 2 rings (SSSR count). The normalized spacial score (nSPS) is 17.7. The first-order chi connectivity index (χ1) is 9.94. The third-order valence-electron chi connectivity index (χ3n) is 3.78. The van der Waals surface area contributed by atoms with Gasteiger partial charge >= 0.3 is 11.7 Å². The molecule has 1 aromatic rings. The average Bonchev–Trinajstić information content (AvgIpc) is 2.65. The van der Waals surface area contributed by atoms with Crippen LogP contribution in [-0.4, -0.2) is 32.5 Å². The zero-order valence-electron chi connectivity index (χ0n) is 11.4. The van der Waals surface area contributed by atoms with Gasteiger partial charge in [-0.25, -0.2) is 9.59 Å². The zero-order chi connectivity index (χ0) is 15.5. The highest BCUT2D eigenvalue weighted by atomic mass is 16.4. The van der Waals surface area contributed by atoms with Gasteiger partial charge in [0.05, 0.1) is 0 Å². The lowest BCUT2D eigenvalue weighted by Gasteiger charge is -2.29. The van der Waals surface area contributed by atoms with E-state index in [1.807, 2.05) is 4.98 Å². The van der Waals surface area contributed by atoms with E-state index in [4.69, 9.17) is 0 Å². The van der Waals surface area contributed by atoms with Crippen molar-refractivity contribution in [1.82, 2.24) is 15.3 Å². The predicted octanol–water partition coefficient (Wildman–Crippen LogP) is -0.0294. The van der Waals surface area contributed by atoms with Crippen molar-refractivity contribution < 1.29 is 14.7 Å². The van der Waals surface area contributed by atoms with Crippen molar-refractivity contribution in [3.63, 3.8) is 0 Å². The van der Waals surface area contributed by atoms with Crippen LogP contribution < -0.4 is 16.6 Å². The molecule has 21 heavy (non-hydrogen) atoms. The molecule has 1 heterocycles. The van der Waals surface area contributed by atoms with Gasteiger partial charge in [-0.15, -0.1) is 0 Å². The molecule has 1 aliphatic rings. The van der Waals surface area contributed by atoms with Crippen LogP contribution >= 0.6 is 0 Å². The number of carbonyl (C=O) groups excluding carboxylic acids is 1. The van der Waals surface area contributed by atoms with Gasteiger partial charge in [0.2, 0.25) is 0 Å². The number of hydrogen-bond acceptors (Lipinski definition) is 4. The van der Waals surface area contributed by atoms with E-state index in [9.17, 15) is 24.3 Å². The van der Waals surface area contributed by atoms with Crippen LogP contribution in [0.4, 0.5) is 0 Å². The van der Waals surface area contributed by atoms with Crippen LogP contribution in [0.3, 0.4) is 0 Å². The Hall–Kier alpha value is -2.38. The Morgan fingerprint density at radius 1 is 1.14 bits per heavy atom. The second-order valence-corrected chi connectivity index (χ2v) is 5.24. The number of amides is 1. The summed E-state index contributed by atoms with van der Waals surface area (Å²) in [6.07, 6.45) is 4.89. The average molecular weight is 295 g/mol. The number of carboxylic acids is 1. The predicted molar refractivity (Wildman–Crippen MR) is 73.2 cm³/mol. The Labute approximate surface area is 119 Å². The summed E-state index contributed by atoms with van der Waals surface area (Å²) in [4.78, 5) is 50.4. The first-order valence-corrected chi connectivity index (χ1v) is 6.82. The number of aromatic nitrogens is 2. The van der Waals surface area contributed by atoms with Crippen LogP contribution in [0.25, 0.3) is 0 Å². The number of hydrogen-bond donors (Lipinski definition) is 4. The molecule has 1 amide bonds. The molecule has 0 saturated heterocycles. The van der Waals surface area contributed by atoms with Crippen molar-refractivity contribution in [2.24, 2.45) is 0 Å². The second kappa shape index (κ2) is 5.94. The van der Waals surface area contributed by atoms with Crippen molar-refractivity contribution in [1.29, 1.82) is 0 Å². The molecule has 1 saturated carbocycles. The van der Waals surface area contributed by atoms with Crippen LogP contribution in [0.5, 0.6) is 0 Å². The Kier molecular flexibility index (Phi) is 4.25. The fourth-order valence-corrected chi connectivity index (χ4v) is 2.59. The largest absolute Gasteiger partial charge is 0.480 e. The van der Waals surface area contributed by atoms with Gasteiger partial charge in [-0.3, -0.25) is 14.6 Å². The maximum atomic E-state index is 12.2. The standard InChI is InChI=1S/C13H17N3O5/c17-9-8(7-14-12(21)15-9)10(18)16-13(11(19)20)5-3-1-2-4-6-13/h7H,1-6H2,(H,16,18)(H,19,20)(H2,14,15,17,21). The summed E-state index contributed by atoms with van der Waals surface area (Å²) in [5, 5.41) is 11.9. The molecule has 0 aromatic carbocycles. The van der Waals surface area contributed by atoms with Crippen molar-refractivity contribution in [3.8, 4) is 0 Å². The van der Waals surface area contributed by atoms with E-state index in [0.717, 1.165) is 19.0 Å². The Morgan fingerprint density at radius 3 is 2.29 bits per heavy atom. The summed E-state index contributed by atoms with van der Waals surface area (Å²) in [5.41, 5.74) is -3.22. The van der Waals surface area contributed by atoms with Gasteiger partial charge in [-0.2, -0.15) is 0 Å². The summed E-state index contributed by atoms with van der Waals surface area (Å²) in [7, 11) is 0. The lowest BCUT2D eigenvalue weighted by atomic mass is 9.90. The third-order valence-corrected chi connectivity index (χ3v) is 3.78. The Balaban J connectivity index is 2.28. The Morgan fingerprint density at radius 2 is 1.76 bits per heavy atom. The van der Waals surface area contributed by atoms with E-state index in [2.05, 4.69) is 10.3 Å². The van der Waals surface area contributed by atoms with Gasteiger partial charge in [0.1, 0.15) is 11.1 Å². The summed E-state index contributed by atoms with van der Waals surface area (Å²) >= 11 is 0. The van der Waals surface area contributed by atoms with E-state index in [1.54, 1.807) is 0 Å². The number of carboxylic acid groups (broad SMARTS) is 1. The summed E-state index contributed by atoms with van der Waals surface area (Å²) in [6.45, 7) is 0. The fraction of sp³-hybridized carbons (Fsp3) is 0.538. The van der Waals surface area contributed by atoms with Gasteiger partial charge in [-0.1, -0.05) is 25.7 Å². The molecule has 1 aromatic heterocycles. The highest BCUT2D eigenvalue weighted by Gasteiger charge is 2.40. The SMILES string of the molecule is O=C(NC1(C(=O)O)CCCCCC1)c1c[nH]c(=O)[nH]c1=O. The monoisotopic (exact) mass is 295 g/mol. The minimum absolute atomic E-state index is 0.306. The van der Waals surface area contributed by atoms with Crippen LogP contribution in [0.1, 0.15) is 48.9 Å². The van der Waals surface area contributed by atoms with Crippen LogP contribution in [0.15, 0.2) is 15.8 Å².